The number of ether oxygens (including phenoxy) is 1. The third-order valence-electron chi connectivity index (χ3n) is 2.81. The Morgan fingerprint density at radius 1 is 1.56 bits per heavy atom. The third kappa shape index (κ3) is 2.14. The summed E-state index contributed by atoms with van der Waals surface area (Å²) in [6, 6.07) is 0.914. The molecule has 0 N–H and O–H groups in total. The summed E-state index contributed by atoms with van der Waals surface area (Å²) >= 11 is 0. The van der Waals surface area contributed by atoms with Gasteiger partial charge in [0.1, 0.15) is 0 Å². The highest BCUT2D eigenvalue weighted by Crippen LogP contribution is 2.32. The highest BCUT2D eigenvalue weighted by molar-refractivity contribution is 5.70. The van der Waals surface area contributed by atoms with E-state index in [9.17, 15) is 18.0 Å². The van der Waals surface area contributed by atoms with E-state index in [0.717, 1.165) is 10.7 Å². The summed E-state index contributed by atoms with van der Waals surface area (Å²) in [5.41, 5.74) is -0.738. The molecule has 18 heavy (non-hydrogen) atoms. The molecule has 2 rings (SSSR count). The first kappa shape index (κ1) is 12.7. The van der Waals surface area contributed by atoms with Crippen LogP contribution < -0.4 is 0 Å². The van der Waals surface area contributed by atoms with E-state index in [1.807, 2.05) is 0 Å². The molecule has 0 bridgehead atoms. The van der Waals surface area contributed by atoms with Crippen molar-refractivity contribution in [3.8, 4) is 0 Å². The van der Waals surface area contributed by atoms with Crippen LogP contribution in [0.4, 0.5) is 18.0 Å². The van der Waals surface area contributed by atoms with E-state index in [1.165, 1.54) is 11.9 Å². The van der Waals surface area contributed by atoms with Gasteiger partial charge in [0, 0.05) is 13.6 Å². The van der Waals surface area contributed by atoms with Gasteiger partial charge in [0.2, 0.25) is 0 Å². The van der Waals surface area contributed by atoms with Crippen molar-refractivity contribution in [1.82, 2.24) is 14.7 Å². The first-order valence-corrected chi connectivity index (χ1v) is 5.39. The Hall–Kier alpha value is -1.73. The standard InChI is InChI=1S/C10H12F3N3O2/c1-3-16-5-7(18-9(16)17)6-4-8(10(11,12)13)14-15(6)2/h4,7H,3,5H2,1-2H3/t7-/m1/s1. The number of hydrogen-bond acceptors (Lipinski definition) is 3. The van der Waals surface area contributed by atoms with E-state index in [4.69, 9.17) is 4.74 Å². The van der Waals surface area contributed by atoms with E-state index < -0.39 is 24.1 Å². The summed E-state index contributed by atoms with van der Waals surface area (Å²) in [6.45, 7) is 2.47. The zero-order chi connectivity index (χ0) is 13.5. The van der Waals surface area contributed by atoms with Crippen molar-refractivity contribution in [3.63, 3.8) is 0 Å². The van der Waals surface area contributed by atoms with Crippen molar-refractivity contribution in [2.75, 3.05) is 13.1 Å². The Balaban J connectivity index is 2.25. The van der Waals surface area contributed by atoms with Crippen molar-refractivity contribution >= 4 is 6.09 Å². The maximum Gasteiger partial charge on any atom is 0.435 e. The number of halogens is 3. The average Bonchev–Trinajstić information content (AvgIpc) is 2.80. The lowest BCUT2D eigenvalue weighted by Gasteiger charge is -2.08. The fourth-order valence-electron chi connectivity index (χ4n) is 1.84. The lowest BCUT2D eigenvalue weighted by molar-refractivity contribution is -0.141. The molecular weight excluding hydrogens is 251 g/mol. The van der Waals surface area contributed by atoms with Crippen LogP contribution in [-0.2, 0) is 18.0 Å². The maximum atomic E-state index is 12.5. The number of likely N-dealkylation sites (N-methyl/N-ethyl adjacent to an activating group) is 1. The van der Waals surface area contributed by atoms with E-state index >= 15 is 0 Å². The minimum atomic E-state index is -4.50. The van der Waals surface area contributed by atoms with Crippen LogP contribution in [0.3, 0.4) is 0 Å². The van der Waals surface area contributed by atoms with E-state index in [2.05, 4.69) is 5.10 Å². The number of alkyl halides is 3. The Morgan fingerprint density at radius 2 is 2.22 bits per heavy atom. The zero-order valence-corrected chi connectivity index (χ0v) is 9.86. The summed E-state index contributed by atoms with van der Waals surface area (Å²) < 4.78 is 43.6. The molecular formula is C10H12F3N3O2. The topological polar surface area (TPSA) is 47.4 Å². The molecule has 5 nitrogen and oxygen atoms in total. The van der Waals surface area contributed by atoms with Crippen LogP contribution in [-0.4, -0.2) is 33.9 Å². The SMILES string of the molecule is CCN1C[C@H](c2cc(C(F)(F)F)nn2C)OC1=O. The minimum Gasteiger partial charge on any atom is -0.438 e. The minimum absolute atomic E-state index is 0.242. The molecule has 1 aromatic heterocycles. The molecule has 8 heteroatoms. The lowest BCUT2D eigenvalue weighted by atomic mass is 10.2. The Labute approximate surface area is 101 Å². The molecule has 1 aliphatic rings. The normalized spacial score (nSPS) is 20.4. The van der Waals surface area contributed by atoms with Crippen molar-refractivity contribution in [2.24, 2.45) is 7.05 Å². The second kappa shape index (κ2) is 4.18. The molecule has 0 radical (unpaired) electrons. The van der Waals surface area contributed by atoms with Crippen LogP contribution in [0.15, 0.2) is 6.07 Å². The van der Waals surface area contributed by atoms with Gasteiger partial charge < -0.3 is 9.64 Å². The molecule has 1 amide bonds. The zero-order valence-electron chi connectivity index (χ0n) is 9.86. The summed E-state index contributed by atoms with van der Waals surface area (Å²) in [4.78, 5) is 12.8. The molecule has 1 fully saturated rings. The molecule has 0 aromatic carbocycles. The molecule has 0 saturated carbocycles. The van der Waals surface area contributed by atoms with Gasteiger partial charge in [0.15, 0.2) is 11.8 Å². The van der Waals surface area contributed by atoms with Crippen molar-refractivity contribution in [2.45, 2.75) is 19.2 Å². The van der Waals surface area contributed by atoms with Gasteiger partial charge in [0.25, 0.3) is 0 Å². The van der Waals surface area contributed by atoms with Gasteiger partial charge in [-0.2, -0.15) is 18.3 Å². The highest BCUT2D eigenvalue weighted by Gasteiger charge is 2.38. The van der Waals surface area contributed by atoms with Crippen LogP contribution in [0.25, 0.3) is 0 Å². The monoisotopic (exact) mass is 263 g/mol. The second-order valence-corrected chi connectivity index (χ2v) is 3.99. The van der Waals surface area contributed by atoms with Crippen LogP contribution in [0.2, 0.25) is 0 Å². The van der Waals surface area contributed by atoms with Gasteiger partial charge >= 0.3 is 12.3 Å². The van der Waals surface area contributed by atoms with Crippen molar-refractivity contribution in [3.05, 3.63) is 17.5 Å². The molecule has 0 unspecified atom stereocenters. The highest BCUT2D eigenvalue weighted by atomic mass is 19.4. The van der Waals surface area contributed by atoms with Gasteiger partial charge in [-0.3, -0.25) is 4.68 Å². The number of rotatable bonds is 2. The molecule has 0 spiro atoms. The first-order valence-electron chi connectivity index (χ1n) is 5.39. The lowest BCUT2D eigenvalue weighted by Crippen LogP contribution is -2.23. The summed E-state index contributed by atoms with van der Waals surface area (Å²) in [7, 11) is 1.40. The first-order chi connectivity index (χ1) is 8.32. The summed E-state index contributed by atoms with van der Waals surface area (Å²) in [5, 5.41) is 3.38. The van der Waals surface area contributed by atoms with Crippen LogP contribution in [0, 0.1) is 0 Å². The van der Waals surface area contributed by atoms with Gasteiger partial charge in [-0.15, -0.1) is 0 Å². The molecule has 2 heterocycles. The van der Waals surface area contributed by atoms with Crippen LogP contribution >= 0.6 is 0 Å². The van der Waals surface area contributed by atoms with Gasteiger partial charge in [-0.1, -0.05) is 0 Å². The Kier molecular flexibility index (Phi) is 2.95. The van der Waals surface area contributed by atoms with Gasteiger partial charge in [-0.25, -0.2) is 4.79 Å². The molecule has 0 aliphatic carbocycles. The smallest absolute Gasteiger partial charge is 0.435 e. The predicted molar refractivity (Wildman–Crippen MR) is 54.7 cm³/mol. The largest absolute Gasteiger partial charge is 0.438 e. The number of carbonyl (C=O) groups excluding carboxylic acids is 1. The number of aryl methyl sites for hydroxylation is 1. The van der Waals surface area contributed by atoms with Crippen LogP contribution in [0.5, 0.6) is 0 Å². The van der Waals surface area contributed by atoms with Gasteiger partial charge in [0.05, 0.1) is 12.2 Å². The Morgan fingerprint density at radius 3 is 2.67 bits per heavy atom. The van der Waals surface area contributed by atoms with Crippen molar-refractivity contribution in [1.29, 1.82) is 0 Å². The number of aromatic nitrogens is 2. The summed E-state index contributed by atoms with van der Waals surface area (Å²) in [5.74, 6) is 0. The van der Waals surface area contributed by atoms with E-state index in [0.29, 0.717) is 6.54 Å². The number of amides is 1. The van der Waals surface area contributed by atoms with E-state index in [1.54, 1.807) is 6.92 Å². The fourth-order valence-corrected chi connectivity index (χ4v) is 1.84. The average molecular weight is 263 g/mol. The fraction of sp³-hybridized carbons (Fsp3) is 0.600. The van der Waals surface area contributed by atoms with E-state index in [-0.39, 0.29) is 12.2 Å². The van der Waals surface area contributed by atoms with Crippen molar-refractivity contribution < 1.29 is 22.7 Å². The molecule has 100 valence electrons. The summed E-state index contributed by atoms with van der Waals surface area (Å²) in [6.07, 6.45) is -5.72. The second-order valence-electron chi connectivity index (χ2n) is 3.99. The Bertz CT molecular complexity index is 469. The molecule has 1 aromatic rings. The quantitative estimate of drug-likeness (QED) is 0.819. The number of cyclic esters (lactones) is 1. The molecule has 1 saturated heterocycles. The van der Waals surface area contributed by atoms with Gasteiger partial charge in [-0.05, 0) is 13.0 Å². The number of nitrogens with zero attached hydrogens (tertiary/aromatic N) is 3. The molecule has 1 aliphatic heterocycles. The maximum absolute atomic E-state index is 12.5. The molecule has 1 atom stereocenters. The van der Waals surface area contributed by atoms with Crippen LogP contribution in [0.1, 0.15) is 24.4 Å². The predicted octanol–water partition coefficient (Wildman–Crippen LogP) is 1.95. The number of hydrogen-bond donors (Lipinski definition) is 0. The third-order valence-corrected chi connectivity index (χ3v) is 2.81. The number of carbonyl (C=O) groups is 1.